The lowest BCUT2D eigenvalue weighted by molar-refractivity contribution is -0.129. The van der Waals surface area contributed by atoms with Crippen LogP contribution in [0.1, 0.15) is 66.9 Å². The smallest absolute Gasteiger partial charge is 0.253 e. The number of amides is 2. The number of benzene rings is 2. The Balaban J connectivity index is 1.78. The van der Waals surface area contributed by atoms with Crippen LogP contribution in [0.3, 0.4) is 0 Å². The van der Waals surface area contributed by atoms with Gasteiger partial charge in [0.15, 0.2) is 0 Å². The van der Waals surface area contributed by atoms with Gasteiger partial charge >= 0.3 is 0 Å². The molecule has 1 aliphatic heterocycles. The van der Waals surface area contributed by atoms with Gasteiger partial charge in [0.25, 0.3) is 5.91 Å². The van der Waals surface area contributed by atoms with E-state index in [1.807, 2.05) is 31.2 Å². The van der Waals surface area contributed by atoms with E-state index in [1.54, 1.807) is 18.0 Å². The molecule has 0 unspecified atom stereocenters. The van der Waals surface area contributed by atoms with E-state index in [2.05, 4.69) is 31.3 Å². The van der Waals surface area contributed by atoms with E-state index in [1.165, 1.54) is 5.56 Å². The minimum atomic E-state index is -0.410. The predicted octanol–water partition coefficient (Wildman–Crippen LogP) is 5.89. The lowest BCUT2D eigenvalue weighted by Gasteiger charge is -2.46. The summed E-state index contributed by atoms with van der Waals surface area (Å²) >= 11 is 13.0. The Morgan fingerprint density at radius 2 is 1.88 bits per heavy atom. The zero-order chi connectivity index (χ0) is 23.2. The number of nitrogens with one attached hydrogen (secondary N) is 1. The number of hydrogen-bond acceptors (Lipinski definition) is 2. The van der Waals surface area contributed by atoms with Crippen LogP contribution in [-0.2, 0) is 4.79 Å². The van der Waals surface area contributed by atoms with E-state index in [0.29, 0.717) is 22.2 Å². The van der Waals surface area contributed by atoms with Crippen molar-refractivity contribution in [2.45, 2.75) is 51.5 Å². The van der Waals surface area contributed by atoms with Gasteiger partial charge in [-0.05, 0) is 73.9 Å². The molecule has 2 amide bonds. The van der Waals surface area contributed by atoms with Crippen molar-refractivity contribution in [1.29, 1.82) is 0 Å². The van der Waals surface area contributed by atoms with Gasteiger partial charge in [-0.25, -0.2) is 0 Å². The van der Waals surface area contributed by atoms with Crippen molar-refractivity contribution in [1.82, 2.24) is 10.2 Å². The standard InChI is InChI=1S/C26H30Cl2N2O2/c1-5-30(4)24(31)17-8-11-19(21(28)14-17)20-12-13-26(3)23(15(2)29-25(26)32)22(20)16-6-9-18(27)10-7-16/h6-11,14-15,20,22-23H,5,12-13H2,1-4H3,(H,29,32)/t15-,20+,22+,23+,26-/m1/s1. The van der Waals surface area contributed by atoms with Crippen molar-refractivity contribution in [3.8, 4) is 0 Å². The van der Waals surface area contributed by atoms with Crippen LogP contribution in [0.4, 0.5) is 0 Å². The summed E-state index contributed by atoms with van der Waals surface area (Å²) in [7, 11) is 1.79. The topological polar surface area (TPSA) is 49.4 Å². The van der Waals surface area contributed by atoms with E-state index in [-0.39, 0.29) is 35.6 Å². The molecule has 2 aromatic rings. The highest BCUT2D eigenvalue weighted by Gasteiger charge is 2.57. The van der Waals surface area contributed by atoms with E-state index >= 15 is 0 Å². The molecule has 32 heavy (non-hydrogen) atoms. The fraction of sp³-hybridized carbons (Fsp3) is 0.462. The molecular weight excluding hydrogens is 443 g/mol. The Hall–Kier alpha value is -2.04. The second-order valence-corrected chi connectivity index (χ2v) is 10.3. The molecule has 0 aromatic heterocycles. The zero-order valence-electron chi connectivity index (χ0n) is 19.0. The molecule has 2 fully saturated rings. The molecule has 0 bridgehead atoms. The second kappa shape index (κ2) is 8.72. The fourth-order valence-electron chi connectivity index (χ4n) is 5.84. The van der Waals surface area contributed by atoms with Gasteiger partial charge in [0.05, 0.1) is 5.41 Å². The van der Waals surface area contributed by atoms with Gasteiger partial charge in [0.2, 0.25) is 5.91 Å². The third-order valence-corrected chi connectivity index (χ3v) is 8.25. The summed E-state index contributed by atoms with van der Waals surface area (Å²) < 4.78 is 0. The Morgan fingerprint density at radius 1 is 1.19 bits per heavy atom. The minimum absolute atomic E-state index is 0.0365. The molecule has 1 aliphatic carbocycles. The average molecular weight is 473 g/mol. The molecule has 0 radical (unpaired) electrons. The van der Waals surface area contributed by atoms with Gasteiger partial charge in [0.1, 0.15) is 0 Å². The van der Waals surface area contributed by atoms with Crippen LogP contribution in [0.25, 0.3) is 0 Å². The summed E-state index contributed by atoms with van der Waals surface area (Å²) in [5.41, 5.74) is 2.39. The van der Waals surface area contributed by atoms with Crippen LogP contribution in [-0.4, -0.2) is 36.3 Å². The van der Waals surface area contributed by atoms with Crippen LogP contribution >= 0.6 is 23.2 Å². The van der Waals surface area contributed by atoms with E-state index in [9.17, 15) is 9.59 Å². The SMILES string of the molecule is CCN(C)C(=O)c1ccc([C@@H]2CC[C@@]3(C)C(=O)N[C@H](C)[C@H]3[C@H]2c2ccc(Cl)cc2)c(Cl)c1. The number of carbonyl (C=O) groups excluding carboxylic acids is 2. The molecule has 170 valence electrons. The average Bonchev–Trinajstić information content (AvgIpc) is 3.01. The Morgan fingerprint density at radius 3 is 2.50 bits per heavy atom. The quantitative estimate of drug-likeness (QED) is 0.602. The molecule has 4 nitrogen and oxygen atoms in total. The zero-order valence-corrected chi connectivity index (χ0v) is 20.5. The lowest BCUT2D eigenvalue weighted by atomic mass is 9.56. The van der Waals surface area contributed by atoms with E-state index in [4.69, 9.17) is 23.2 Å². The van der Waals surface area contributed by atoms with Gasteiger partial charge in [-0.2, -0.15) is 0 Å². The first-order valence-corrected chi connectivity index (χ1v) is 12.0. The highest BCUT2D eigenvalue weighted by atomic mass is 35.5. The summed E-state index contributed by atoms with van der Waals surface area (Å²) in [6, 6.07) is 13.7. The maximum Gasteiger partial charge on any atom is 0.253 e. The maximum atomic E-state index is 12.9. The third-order valence-electron chi connectivity index (χ3n) is 7.67. The molecule has 5 atom stereocenters. The summed E-state index contributed by atoms with van der Waals surface area (Å²) in [6.07, 6.45) is 1.65. The van der Waals surface area contributed by atoms with Gasteiger partial charge in [-0.15, -0.1) is 0 Å². The van der Waals surface area contributed by atoms with Crippen molar-refractivity contribution in [3.63, 3.8) is 0 Å². The maximum absolute atomic E-state index is 12.9. The van der Waals surface area contributed by atoms with Crippen LogP contribution in [0.2, 0.25) is 10.0 Å². The molecule has 2 aromatic carbocycles. The van der Waals surface area contributed by atoms with Crippen LogP contribution in [0, 0.1) is 11.3 Å². The molecule has 1 heterocycles. The predicted molar refractivity (Wildman–Crippen MR) is 129 cm³/mol. The van der Waals surface area contributed by atoms with Crippen molar-refractivity contribution in [2.24, 2.45) is 11.3 Å². The largest absolute Gasteiger partial charge is 0.353 e. The van der Waals surface area contributed by atoms with Crippen molar-refractivity contribution >= 4 is 35.0 Å². The van der Waals surface area contributed by atoms with Crippen molar-refractivity contribution < 1.29 is 9.59 Å². The molecule has 1 saturated heterocycles. The Bertz CT molecular complexity index is 1040. The summed E-state index contributed by atoms with van der Waals surface area (Å²) in [5.74, 6) is 0.494. The third kappa shape index (κ3) is 3.82. The highest BCUT2D eigenvalue weighted by Crippen LogP contribution is 2.59. The molecule has 2 aliphatic rings. The Kier molecular flexibility index (Phi) is 6.30. The monoisotopic (exact) mass is 472 g/mol. The molecule has 1 saturated carbocycles. The fourth-order valence-corrected chi connectivity index (χ4v) is 6.28. The van der Waals surface area contributed by atoms with Crippen molar-refractivity contribution in [3.05, 3.63) is 69.2 Å². The second-order valence-electron chi connectivity index (χ2n) is 9.48. The molecular formula is C26H30Cl2N2O2. The van der Waals surface area contributed by atoms with Crippen LogP contribution in [0.15, 0.2) is 42.5 Å². The normalized spacial score (nSPS) is 29.4. The molecule has 1 N–H and O–H groups in total. The first-order chi connectivity index (χ1) is 15.2. The van der Waals surface area contributed by atoms with Crippen molar-refractivity contribution in [2.75, 3.05) is 13.6 Å². The molecule has 0 spiro atoms. The van der Waals surface area contributed by atoms with E-state index < -0.39 is 5.41 Å². The first kappa shape index (κ1) is 23.1. The number of carbonyl (C=O) groups is 2. The van der Waals surface area contributed by atoms with Gasteiger partial charge in [0, 0.05) is 41.2 Å². The van der Waals surface area contributed by atoms with Gasteiger partial charge in [-0.3, -0.25) is 9.59 Å². The lowest BCUT2D eigenvalue weighted by Crippen LogP contribution is -2.42. The number of hydrogen-bond donors (Lipinski definition) is 1. The number of halogens is 2. The van der Waals surface area contributed by atoms with Crippen LogP contribution < -0.4 is 5.32 Å². The number of fused-ring (bicyclic) bond motifs is 1. The van der Waals surface area contributed by atoms with Crippen LogP contribution in [0.5, 0.6) is 0 Å². The summed E-state index contributed by atoms with van der Waals surface area (Å²) in [4.78, 5) is 27.2. The minimum Gasteiger partial charge on any atom is -0.353 e. The van der Waals surface area contributed by atoms with E-state index in [0.717, 1.165) is 18.4 Å². The number of rotatable bonds is 4. The summed E-state index contributed by atoms with van der Waals surface area (Å²) in [6.45, 7) is 6.78. The first-order valence-electron chi connectivity index (χ1n) is 11.3. The summed E-state index contributed by atoms with van der Waals surface area (Å²) in [5, 5.41) is 4.49. The Labute approximate surface area is 200 Å². The van der Waals surface area contributed by atoms with Gasteiger partial charge < -0.3 is 10.2 Å². The molecule has 4 rings (SSSR count). The number of nitrogens with zero attached hydrogens (tertiary/aromatic N) is 1. The molecule has 6 heteroatoms. The van der Waals surface area contributed by atoms with Gasteiger partial charge in [-0.1, -0.05) is 48.3 Å². The highest BCUT2D eigenvalue weighted by molar-refractivity contribution is 6.32.